The number of rotatable bonds is 6. The number of nitrogens with zero attached hydrogens (tertiary/aromatic N) is 4. The molecule has 0 aliphatic carbocycles. The van der Waals surface area contributed by atoms with Gasteiger partial charge in [-0.3, -0.25) is 4.79 Å². The Bertz CT molecular complexity index is 1170. The van der Waals surface area contributed by atoms with Crippen LogP contribution < -0.4 is 5.56 Å². The van der Waals surface area contributed by atoms with Gasteiger partial charge in [0.2, 0.25) is 5.89 Å². The first-order valence-electron chi connectivity index (χ1n) is 8.86. The van der Waals surface area contributed by atoms with Gasteiger partial charge in [0, 0.05) is 11.6 Å². The number of aromatic nitrogens is 4. The molecule has 0 unspecified atom stereocenters. The van der Waals surface area contributed by atoms with Gasteiger partial charge in [-0.25, -0.2) is 9.48 Å². The van der Waals surface area contributed by atoms with Gasteiger partial charge < -0.3 is 9.15 Å². The highest BCUT2D eigenvalue weighted by Gasteiger charge is 2.14. The number of esters is 1. The first kappa shape index (κ1) is 18.3. The van der Waals surface area contributed by atoms with Gasteiger partial charge in [0.1, 0.15) is 0 Å². The lowest BCUT2D eigenvalue weighted by Crippen LogP contribution is -2.25. The summed E-state index contributed by atoms with van der Waals surface area (Å²) in [5, 5.41) is 11.9. The second kappa shape index (κ2) is 8.30. The Morgan fingerprint density at radius 3 is 2.41 bits per heavy atom. The summed E-state index contributed by atoms with van der Waals surface area (Å²) < 4.78 is 11.9. The molecule has 0 N–H and O–H groups in total. The smallest absolute Gasteiger partial charge is 0.359 e. The minimum atomic E-state index is -0.689. The number of hydrogen-bond donors (Lipinski definition) is 0. The van der Waals surface area contributed by atoms with Crippen LogP contribution in [0, 0.1) is 0 Å². The van der Waals surface area contributed by atoms with Crippen LogP contribution in [0.2, 0.25) is 0 Å². The van der Waals surface area contributed by atoms with Crippen LogP contribution in [0.3, 0.4) is 0 Å². The molecule has 0 fully saturated rings. The van der Waals surface area contributed by atoms with Crippen LogP contribution in [0.25, 0.3) is 11.5 Å². The molecular weight excluding hydrogens is 372 g/mol. The second-order valence-corrected chi connectivity index (χ2v) is 6.14. The molecule has 4 rings (SSSR count). The average molecular weight is 388 g/mol. The van der Waals surface area contributed by atoms with E-state index in [1.54, 1.807) is 0 Å². The molecule has 0 amide bonds. The van der Waals surface area contributed by atoms with E-state index in [1.165, 1.54) is 16.8 Å². The van der Waals surface area contributed by atoms with Crippen molar-refractivity contribution in [3.05, 3.63) is 100 Å². The molecular formula is C21H16N4O4. The molecule has 0 radical (unpaired) electrons. The quantitative estimate of drug-likeness (QED) is 0.468. The molecule has 0 aliphatic rings. The third-order valence-corrected chi connectivity index (χ3v) is 4.07. The van der Waals surface area contributed by atoms with Gasteiger partial charge in [0.05, 0.1) is 6.54 Å². The summed E-state index contributed by atoms with van der Waals surface area (Å²) in [4.78, 5) is 24.4. The fraction of sp³-hybridized carbons (Fsp3) is 0.0952. The third-order valence-electron chi connectivity index (χ3n) is 4.07. The van der Waals surface area contributed by atoms with Gasteiger partial charge in [-0.05, 0) is 23.8 Å². The molecule has 0 saturated heterocycles. The summed E-state index contributed by atoms with van der Waals surface area (Å²) >= 11 is 0. The summed E-state index contributed by atoms with van der Waals surface area (Å²) in [5.41, 5.74) is 1.37. The molecule has 0 atom stereocenters. The lowest BCUT2D eigenvalue weighted by atomic mass is 10.2. The number of carbonyl (C=O) groups is 1. The van der Waals surface area contributed by atoms with Crippen LogP contribution in [0.15, 0.2) is 82.0 Å². The van der Waals surface area contributed by atoms with E-state index >= 15 is 0 Å². The van der Waals surface area contributed by atoms with E-state index < -0.39 is 5.97 Å². The van der Waals surface area contributed by atoms with Gasteiger partial charge in [-0.1, -0.05) is 48.5 Å². The van der Waals surface area contributed by atoms with E-state index in [4.69, 9.17) is 9.15 Å². The molecule has 2 aromatic heterocycles. The molecule has 0 aliphatic heterocycles. The molecule has 2 heterocycles. The van der Waals surface area contributed by atoms with Crippen LogP contribution in [0.5, 0.6) is 0 Å². The van der Waals surface area contributed by atoms with Gasteiger partial charge in [-0.2, -0.15) is 5.10 Å². The zero-order valence-electron chi connectivity index (χ0n) is 15.3. The standard InChI is InChI=1S/C21H16N4O4/c26-19-12-11-17(24-25(19)13-15-7-3-1-4-8-15)21(27)28-14-18-22-23-20(29-18)16-9-5-2-6-10-16/h1-12H,13-14H2. The van der Waals surface area contributed by atoms with Gasteiger partial charge in [-0.15, -0.1) is 10.2 Å². The minimum Gasteiger partial charge on any atom is -0.451 e. The van der Waals surface area contributed by atoms with Gasteiger partial charge in [0.25, 0.3) is 11.4 Å². The maximum atomic E-state index is 12.3. The summed E-state index contributed by atoms with van der Waals surface area (Å²) in [6.07, 6.45) is 0. The van der Waals surface area contributed by atoms with Crippen molar-refractivity contribution in [2.24, 2.45) is 0 Å². The average Bonchev–Trinajstić information content (AvgIpc) is 3.24. The van der Waals surface area contributed by atoms with Crippen molar-refractivity contribution in [3.63, 3.8) is 0 Å². The van der Waals surface area contributed by atoms with Crippen LogP contribution in [0.4, 0.5) is 0 Å². The highest BCUT2D eigenvalue weighted by molar-refractivity contribution is 5.86. The van der Waals surface area contributed by atoms with Crippen molar-refractivity contribution in [1.82, 2.24) is 20.0 Å². The first-order chi connectivity index (χ1) is 14.2. The van der Waals surface area contributed by atoms with Crippen molar-refractivity contribution >= 4 is 5.97 Å². The molecule has 2 aromatic carbocycles. The molecule has 0 bridgehead atoms. The van der Waals surface area contributed by atoms with Gasteiger partial charge >= 0.3 is 5.97 Å². The summed E-state index contributed by atoms with van der Waals surface area (Å²) in [6.45, 7) is 0.0586. The zero-order valence-corrected chi connectivity index (χ0v) is 15.3. The van der Waals surface area contributed by atoms with E-state index in [1.807, 2.05) is 60.7 Å². The zero-order chi connectivity index (χ0) is 20.1. The van der Waals surface area contributed by atoms with Crippen molar-refractivity contribution in [1.29, 1.82) is 0 Å². The number of hydrogen-bond acceptors (Lipinski definition) is 7. The Morgan fingerprint density at radius 1 is 0.931 bits per heavy atom. The summed E-state index contributed by atoms with van der Waals surface area (Å²) in [5.74, 6) is -0.188. The predicted octanol–water partition coefficient (Wildman–Crippen LogP) is 2.70. The number of benzene rings is 2. The highest BCUT2D eigenvalue weighted by atomic mass is 16.5. The first-order valence-corrected chi connectivity index (χ1v) is 8.86. The second-order valence-electron chi connectivity index (χ2n) is 6.14. The fourth-order valence-electron chi connectivity index (χ4n) is 2.64. The van der Waals surface area contributed by atoms with E-state index in [9.17, 15) is 9.59 Å². The van der Waals surface area contributed by atoms with Crippen molar-refractivity contribution < 1.29 is 13.9 Å². The Balaban J connectivity index is 1.43. The van der Waals surface area contributed by atoms with Crippen LogP contribution in [-0.4, -0.2) is 25.9 Å². The van der Waals surface area contributed by atoms with Crippen LogP contribution in [0.1, 0.15) is 21.9 Å². The lowest BCUT2D eigenvalue weighted by Gasteiger charge is -2.07. The molecule has 8 heteroatoms. The summed E-state index contributed by atoms with van der Waals surface area (Å²) in [7, 11) is 0. The van der Waals surface area contributed by atoms with Crippen molar-refractivity contribution in [3.8, 4) is 11.5 Å². The molecule has 8 nitrogen and oxygen atoms in total. The van der Waals surface area contributed by atoms with Crippen molar-refractivity contribution in [2.75, 3.05) is 0 Å². The molecule has 29 heavy (non-hydrogen) atoms. The molecule has 0 spiro atoms. The van der Waals surface area contributed by atoms with Gasteiger partial charge in [0.15, 0.2) is 12.3 Å². The highest BCUT2D eigenvalue weighted by Crippen LogP contribution is 2.17. The van der Waals surface area contributed by atoms with E-state index in [0.29, 0.717) is 5.89 Å². The predicted molar refractivity (Wildman–Crippen MR) is 103 cm³/mol. The van der Waals surface area contributed by atoms with Crippen molar-refractivity contribution in [2.45, 2.75) is 13.2 Å². The van der Waals surface area contributed by atoms with Crippen LogP contribution in [-0.2, 0) is 17.9 Å². The normalized spacial score (nSPS) is 10.6. The maximum Gasteiger partial charge on any atom is 0.359 e. The number of ether oxygens (including phenoxy) is 1. The Kier molecular flexibility index (Phi) is 5.24. The Labute approximate surface area is 165 Å². The topological polar surface area (TPSA) is 100 Å². The third kappa shape index (κ3) is 4.44. The minimum absolute atomic E-state index is 0.0170. The van der Waals surface area contributed by atoms with E-state index in [2.05, 4.69) is 15.3 Å². The van der Waals surface area contributed by atoms with E-state index in [-0.39, 0.29) is 30.3 Å². The molecule has 0 saturated carbocycles. The Hall–Kier alpha value is -4.07. The lowest BCUT2D eigenvalue weighted by molar-refractivity contribution is 0.0428. The SMILES string of the molecule is O=C(OCc1nnc(-c2ccccc2)o1)c1ccc(=O)n(Cc2ccccc2)n1. The Morgan fingerprint density at radius 2 is 1.66 bits per heavy atom. The fourth-order valence-corrected chi connectivity index (χ4v) is 2.64. The largest absolute Gasteiger partial charge is 0.451 e. The van der Waals surface area contributed by atoms with Crippen LogP contribution >= 0.6 is 0 Å². The maximum absolute atomic E-state index is 12.3. The molecule has 144 valence electrons. The van der Waals surface area contributed by atoms with E-state index in [0.717, 1.165) is 11.1 Å². The monoisotopic (exact) mass is 388 g/mol. The number of carbonyl (C=O) groups excluding carboxylic acids is 1. The summed E-state index contributed by atoms with van der Waals surface area (Å²) in [6, 6.07) is 21.2. The molecule has 4 aromatic rings.